The van der Waals surface area contributed by atoms with Crippen LogP contribution in [0.5, 0.6) is 5.75 Å². The Kier molecular flexibility index (Phi) is 3.72. The second-order valence-electron chi connectivity index (χ2n) is 4.22. The van der Waals surface area contributed by atoms with Crippen molar-refractivity contribution in [2.75, 3.05) is 12.0 Å². The molecule has 0 saturated heterocycles. The summed E-state index contributed by atoms with van der Waals surface area (Å²) in [6.07, 6.45) is 3.25. The van der Waals surface area contributed by atoms with Gasteiger partial charge < -0.3 is 4.74 Å². The van der Waals surface area contributed by atoms with Gasteiger partial charge >= 0.3 is 0 Å². The highest BCUT2D eigenvalue weighted by Crippen LogP contribution is 2.11. The van der Waals surface area contributed by atoms with Crippen molar-refractivity contribution in [3.63, 3.8) is 0 Å². The largest absolute Gasteiger partial charge is 0.494 e. The number of nitrogens with one attached hydrogen (secondary N) is 1. The van der Waals surface area contributed by atoms with E-state index in [-0.39, 0.29) is 0 Å². The number of hydrogen-bond acceptors (Lipinski definition) is 6. The third kappa shape index (κ3) is 3.14. The number of aromatic nitrogens is 4. The molecule has 0 aliphatic heterocycles. The summed E-state index contributed by atoms with van der Waals surface area (Å²) in [5, 5.41) is 16.0. The van der Waals surface area contributed by atoms with Gasteiger partial charge in [-0.15, -0.1) is 15.3 Å². The number of hydrazone groups is 1. The SMILES string of the molecule is CCOc1ccc(C=NNc2ccc3nncn3n2)cc1. The minimum absolute atomic E-state index is 0.615. The Morgan fingerprint density at radius 3 is 2.90 bits per heavy atom. The first-order valence-corrected chi connectivity index (χ1v) is 6.54. The van der Waals surface area contributed by atoms with E-state index in [4.69, 9.17) is 4.74 Å². The standard InChI is InChI=1S/C14H14N6O/c1-2-21-12-5-3-11(4-6-12)9-15-17-13-7-8-14-18-16-10-20(14)19-13/h3-10H,2H2,1H3,(H,17,19). The van der Waals surface area contributed by atoms with Crippen LogP contribution >= 0.6 is 0 Å². The molecule has 2 aromatic heterocycles. The maximum atomic E-state index is 5.38. The number of nitrogens with zero attached hydrogens (tertiary/aromatic N) is 5. The normalized spacial score (nSPS) is 11.1. The number of fused-ring (bicyclic) bond motifs is 1. The van der Waals surface area contributed by atoms with E-state index in [1.54, 1.807) is 16.8 Å². The summed E-state index contributed by atoms with van der Waals surface area (Å²) in [5.41, 5.74) is 4.53. The van der Waals surface area contributed by atoms with Crippen molar-refractivity contribution >= 4 is 17.7 Å². The Morgan fingerprint density at radius 1 is 1.24 bits per heavy atom. The van der Waals surface area contributed by atoms with E-state index in [1.165, 1.54) is 6.33 Å². The van der Waals surface area contributed by atoms with Crippen LogP contribution in [0.1, 0.15) is 12.5 Å². The number of ether oxygens (including phenoxy) is 1. The van der Waals surface area contributed by atoms with Gasteiger partial charge in [-0.2, -0.15) is 9.62 Å². The number of rotatable bonds is 5. The summed E-state index contributed by atoms with van der Waals surface area (Å²) in [7, 11) is 0. The lowest BCUT2D eigenvalue weighted by Crippen LogP contribution is -1.98. The fraction of sp³-hybridized carbons (Fsp3) is 0.143. The molecule has 2 heterocycles. The van der Waals surface area contributed by atoms with E-state index in [2.05, 4.69) is 25.8 Å². The zero-order valence-corrected chi connectivity index (χ0v) is 11.5. The van der Waals surface area contributed by atoms with Crippen LogP contribution in [0, 0.1) is 0 Å². The summed E-state index contributed by atoms with van der Waals surface area (Å²) in [5.74, 6) is 1.46. The van der Waals surface area contributed by atoms with Crippen LogP contribution in [-0.4, -0.2) is 32.6 Å². The molecule has 1 aromatic carbocycles. The lowest BCUT2D eigenvalue weighted by Gasteiger charge is -2.02. The molecule has 0 aliphatic rings. The van der Waals surface area contributed by atoms with Crippen molar-refractivity contribution in [1.29, 1.82) is 0 Å². The molecule has 106 valence electrons. The van der Waals surface area contributed by atoms with Crippen LogP contribution in [0.15, 0.2) is 47.8 Å². The van der Waals surface area contributed by atoms with Crippen LogP contribution < -0.4 is 10.2 Å². The van der Waals surface area contributed by atoms with E-state index < -0.39 is 0 Å². The molecule has 7 heteroatoms. The summed E-state index contributed by atoms with van der Waals surface area (Å²) in [4.78, 5) is 0. The topological polar surface area (TPSA) is 76.7 Å². The van der Waals surface area contributed by atoms with Crippen molar-refractivity contribution in [1.82, 2.24) is 19.8 Å². The van der Waals surface area contributed by atoms with Crippen LogP contribution in [0.2, 0.25) is 0 Å². The average molecular weight is 282 g/mol. The zero-order valence-electron chi connectivity index (χ0n) is 11.5. The number of benzene rings is 1. The quantitative estimate of drug-likeness (QED) is 0.572. The Morgan fingerprint density at radius 2 is 2.10 bits per heavy atom. The average Bonchev–Trinajstić information content (AvgIpc) is 2.97. The van der Waals surface area contributed by atoms with Gasteiger partial charge in [-0.25, -0.2) is 0 Å². The van der Waals surface area contributed by atoms with Gasteiger partial charge in [0.25, 0.3) is 0 Å². The van der Waals surface area contributed by atoms with Crippen molar-refractivity contribution < 1.29 is 4.74 Å². The summed E-state index contributed by atoms with van der Waals surface area (Å²) in [6, 6.07) is 11.3. The molecule has 1 N–H and O–H groups in total. The molecule has 0 saturated carbocycles. The number of hydrogen-bond donors (Lipinski definition) is 1. The van der Waals surface area contributed by atoms with Crippen LogP contribution in [-0.2, 0) is 0 Å². The minimum Gasteiger partial charge on any atom is -0.494 e. The third-order valence-corrected chi connectivity index (χ3v) is 2.75. The lowest BCUT2D eigenvalue weighted by molar-refractivity contribution is 0.340. The molecule has 3 aromatic rings. The maximum absolute atomic E-state index is 5.38. The second-order valence-corrected chi connectivity index (χ2v) is 4.22. The van der Waals surface area contributed by atoms with Crippen molar-refractivity contribution in [3.8, 4) is 5.75 Å². The van der Waals surface area contributed by atoms with Gasteiger partial charge in [0, 0.05) is 0 Å². The molecule has 21 heavy (non-hydrogen) atoms. The highest BCUT2D eigenvalue weighted by Gasteiger charge is 1.97. The molecule has 0 bridgehead atoms. The number of anilines is 1. The van der Waals surface area contributed by atoms with Crippen molar-refractivity contribution in [3.05, 3.63) is 48.3 Å². The van der Waals surface area contributed by atoms with Gasteiger partial charge in [0.2, 0.25) is 0 Å². The predicted octanol–water partition coefficient (Wildman–Crippen LogP) is 1.97. The van der Waals surface area contributed by atoms with Crippen LogP contribution in [0.25, 0.3) is 5.65 Å². The maximum Gasteiger partial charge on any atom is 0.177 e. The van der Waals surface area contributed by atoms with Crippen LogP contribution in [0.3, 0.4) is 0 Å². The molecule has 0 radical (unpaired) electrons. The molecule has 0 fully saturated rings. The summed E-state index contributed by atoms with van der Waals surface area (Å²) < 4.78 is 6.96. The van der Waals surface area contributed by atoms with Gasteiger partial charge in [-0.3, -0.25) is 5.43 Å². The second kappa shape index (κ2) is 6.00. The Labute approximate surface area is 121 Å². The monoisotopic (exact) mass is 282 g/mol. The highest BCUT2D eigenvalue weighted by molar-refractivity contribution is 5.80. The lowest BCUT2D eigenvalue weighted by atomic mass is 10.2. The molecule has 0 spiro atoms. The van der Waals surface area contributed by atoms with Gasteiger partial charge in [0.05, 0.1) is 12.8 Å². The molecule has 0 unspecified atom stereocenters. The smallest absolute Gasteiger partial charge is 0.177 e. The fourth-order valence-electron chi connectivity index (χ4n) is 1.78. The molecule has 0 amide bonds. The van der Waals surface area contributed by atoms with E-state index in [0.717, 1.165) is 11.3 Å². The third-order valence-electron chi connectivity index (χ3n) is 2.75. The molecule has 3 rings (SSSR count). The van der Waals surface area contributed by atoms with Gasteiger partial charge in [0.1, 0.15) is 12.1 Å². The summed E-state index contributed by atoms with van der Waals surface area (Å²) >= 11 is 0. The molecule has 7 nitrogen and oxygen atoms in total. The van der Waals surface area contributed by atoms with Gasteiger partial charge in [0.15, 0.2) is 11.5 Å². The molecular formula is C14H14N6O. The van der Waals surface area contributed by atoms with Crippen LogP contribution in [0.4, 0.5) is 5.82 Å². The van der Waals surface area contributed by atoms with Crippen molar-refractivity contribution in [2.45, 2.75) is 6.92 Å². The first-order valence-electron chi connectivity index (χ1n) is 6.54. The zero-order chi connectivity index (χ0) is 14.5. The minimum atomic E-state index is 0.615. The first kappa shape index (κ1) is 13.0. The molecular weight excluding hydrogens is 268 g/mol. The highest BCUT2D eigenvalue weighted by atomic mass is 16.5. The van der Waals surface area contributed by atoms with Gasteiger partial charge in [-0.05, 0) is 48.9 Å². The first-order chi connectivity index (χ1) is 10.3. The Bertz CT molecular complexity index is 750. The Hall–Kier alpha value is -2.96. The van der Waals surface area contributed by atoms with E-state index in [1.807, 2.05) is 37.3 Å². The Balaban J connectivity index is 1.65. The predicted molar refractivity (Wildman–Crippen MR) is 79.6 cm³/mol. The van der Waals surface area contributed by atoms with E-state index in [9.17, 15) is 0 Å². The summed E-state index contributed by atoms with van der Waals surface area (Å²) in [6.45, 7) is 2.62. The van der Waals surface area contributed by atoms with E-state index in [0.29, 0.717) is 18.1 Å². The van der Waals surface area contributed by atoms with Crippen molar-refractivity contribution in [2.24, 2.45) is 5.10 Å². The molecule has 0 aliphatic carbocycles. The van der Waals surface area contributed by atoms with E-state index >= 15 is 0 Å². The molecule has 0 atom stereocenters. The van der Waals surface area contributed by atoms with Gasteiger partial charge in [-0.1, -0.05) is 0 Å². The fourth-order valence-corrected chi connectivity index (χ4v) is 1.78.